The van der Waals surface area contributed by atoms with E-state index in [1.54, 1.807) is 6.07 Å². The molecule has 1 aliphatic rings. The summed E-state index contributed by atoms with van der Waals surface area (Å²) in [5.41, 5.74) is 1.15. The minimum absolute atomic E-state index is 0.0508. The summed E-state index contributed by atoms with van der Waals surface area (Å²) in [5, 5.41) is 16.5. The van der Waals surface area contributed by atoms with Gasteiger partial charge in [-0.05, 0) is 42.9 Å². The zero-order valence-electron chi connectivity index (χ0n) is 15.7. The lowest BCUT2D eigenvalue weighted by Gasteiger charge is -2.24. The number of nitrogens with zero attached hydrogens (tertiary/aromatic N) is 6. The summed E-state index contributed by atoms with van der Waals surface area (Å²) in [5.74, 6) is -5.30. The Kier molecular flexibility index (Phi) is 5.07. The Morgan fingerprint density at radius 3 is 2.70 bits per heavy atom. The van der Waals surface area contributed by atoms with Gasteiger partial charge in [0.15, 0.2) is 17.5 Å². The number of nitriles is 1. The number of hydrogen-bond donors (Lipinski definition) is 0. The molecule has 0 saturated carbocycles. The van der Waals surface area contributed by atoms with Crippen molar-refractivity contribution < 1.29 is 18.0 Å². The quantitative estimate of drug-likeness (QED) is 0.589. The highest BCUT2D eigenvalue weighted by molar-refractivity contribution is 6.29. The van der Waals surface area contributed by atoms with Gasteiger partial charge < -0.3 is 0 Å². The molecule has 4 rings (SSSR count). The highest BCUT2D eigenvalue weighted by Crippen LogP contribution is 2.34. The number of carbonyl (C=O) groups excluding carboxylic acids is 1. The summed E-state index contributed by atoms with van der Waals surface area (Å²) in [4.78, 5) is 17.3. The third kappa shape index (κ3) is 2.97. The Bertz CT molecular complexity index is 1240. The molecule has 11 heteroatoms. The van der Waals surface area contributed by atoms with Crippen molar-refractivity contribution in [3.8, 4) is 6.07 Å². The van der Waals surface area contributed by atoms with Gasteiger partial charge in [-0.1, -0.05) is 0 Å². The molecule has 1 amide bonds. The predicted octanol–water partition coefficient (Wildman–Crippen LogP) is 2.98. The van der Waals surface area contributed by atoms with Crippen LogP contribution in [0.15, 0.2) is 6.33 Å². The second kappa shape index (κ2) is 7.57. The SMILES string of the molecule is Cc1c(F)c(F)c(CN(C(=O)CCl)c2nc(C#N)n3cnnc3c2F)c2c1CCC2. The molecule has 0 bridgehead atoms. The molecule has 30 heavy (non-hydrogen) atoms. The molecule has 0 atom stereocenters. The Morgan fingerprint density at radius 1 is 1.27 bits per heavy atom. The Morgan fingerprint density at radius 2 is 2.00 bits per heavy atom. The van der Waals surface area contributed by atoms with Crippen molar-refractivity contribution in [1.29, 1.82) is 5.26 Å². The average Bonchev–Trinajstić information content (AvgIpc) is 3.43. The smallest absolute Gasteiger partial charge is 0.243 e. The molecule has 2 aromatic heterocycles. The summed E-state index contributed by atoms with van der Waals surface area (Å²) in [7, 11) is 0. The Hall–Kier alpha value is -3.19. The zero-order valence-corrected chi connectivity index (χ0v) is 16.5. The standard InChI is InChI=1S/C19H14ClF3N6O/c1-9-10-3-2-4-11(10)12(16(22)15(9)21)7-28(14(30)5-20)18-17(23)19-27-25-8-29(19)13(6-24)26-18/h8H,2-5,7H2,1H3. The highest BCUT2D eigenvalue weighted by atomic mass is 35.5. The number of aromatic nitrogens is 4. The van der Waals surface area contributed by atoms with Crippen LogP contribution in [-0.4, -0.2) is 31.4 Å². The normalized spacial score (nSPS) is 12.8. The van der Waals surface area contributed by atoms with Crippen LogP contribution in [0.3, 0.4) is 0 Å². The van der Waals surface area contributed by atoms with Gasteiger partial charge in [0.05, 0.1) is 6.54 Å². The van der Waals surface area contributed by atoms with Gasteiger partial charge in [-0.15, -0.1) is 21.8 Å². The lowest BCUT2D eigenvalue weighted by atomic mass is 9.97. The van der Waals surface area contributed by atoms with Crippen LogP contribution in [0.5, 0.6) is 0 Å². The fourth-order valence-corrected chi connectivity index (χ4v) is 3.97. The fraction of sp³-hybridized carbons (Fsp3) is 0.316. The van der Waals surface area contributed by atoms with Gasteiger partial charge in [0.1, 0.15) is 18.3 Å². The van der Waals surface area contributed by atoms with Crippen LogP contribution < -0.4 is 4.90 Å². The van der Waals surface area contributed by atoms with E-state index in [-0.39, 0.29) is 22.6 Å². The average molecular weight is 435 g/mol. The largest absolute Gasteiger partial charge is 0.288 e. The van der Waals surface area contributed by atoms with Crippen molar-refractivity contribution in [2.45, 2.75) is 32.7 Å². The van der Waals surface area contributed by atoms with Crippen LogP contribution in [0, 0.1) is 35.7 Å². The van der Waals surface area contributed by atoms with E-state index in [0.717, 1.165) is 15.6 Å². The number of benzene rings is 1. The van der Waals surface area contributed by atoms with Gasteiger partial charge in [-0.3, -0.25) is 14.1 Å². The van der Waals surface area contributed by atoms with Crippen molar-refractivity contribution in [2.24, 2.45) is 0 Å². The Labute approximate surface area is 173 Å². The summed E-state index contributed by atoms with van der Waals surface area (Å²) < 4.78 is 45.5. The molecular weight excluding hydrogens is 421 g/mol. The molecule has 0 fully saturated rings. The summed E-state index contributed by atoms with van der Waals surface area (Å²) in [6.45, 7) is 1.02. The van der Waals surface area contributed by atoms with Crippen LogP contribution in [0.4, 0.5) is 19.0 Å². The van der Waals surface area contributed by atoms with E-state index in [1.807, 2.05) is 0 Å². The number of fused-ring (bicyclic) bond motifs is 2. The molecule has 0 radical (unpaired) electrons. The first-order chi connectivity index (χ1) is 14.4. The molecule has 0 unspecified atom stereocenters. The summed E-state index contributed by atoms with van der Waals surface area (Å²) >= 11 is 5.69. The van der Waals surface area contributed by atoms with Crippen molar-refractivity contribution in [1.82, 2.24) is 19.6 Å². The first-order valence-electron chi connectivity index (χ1n) is 9.02. The minimum atomic E-state index is -1.09. The minimum Gasteiger partial charge on any atom is -0.288 e. The number of anilines is 1. The first-order valence-corrected chi connectivity index (χ1v) is 9.56. The number of hydrogen-bond acceptors (Lipinski definition) is 5. The van der Waals surface area contributed by atoms with Crippen LogP contribution in [0.1, 0.15) is 34.5 Å². The fourth-order valence-electron chi connectivity index (χ4n) is 3.83. The zero-order chi connectivity index (χ0) is 21.6. The monoisotopic (exact) mass is 434 g/mol. The number of amides is 1. The Balaban J connectivity index is 1.90. The van der Waals surface area contributed by atoms with Gasteiger partial charge in [-0.2, -0.15) is 14.6 Å². The molecule has 0 N–H and O–H groups in total. The highest BCUT2D eigenvalue weighted by Gasteiger charge is 2.30. The second-order valence-electron chi connectivity index (χ2n) is 6.87. The van der Waals surface area contributed by atoms with E-state index in [2.05, 4.69) is 15.2 Å². The predicted molar refractivity (Wildman–Crippen MR) is 100 cm³/mol. The van der Waals surface area contributed by atoms with E-state index >= 15 is 4.39 Å². The number of halogens is 4. The van der Waals surface area contributed by atoms with E-state index in [4.69, 9.17) is 11.6 Å². The van der Waals surface area contributed by atoms with Crippen LogP contribution in [-0.2, 0) is 24.2 Å². The maximum absolute atomic E-state index is 15.1. The van der Waals surface area contributed by atoms with Crippen LogP contribution in [0.2, 0.25) is 0 Å². The van der Waals surface area contributed by atoms with Crippen molar-refractivity contribution in [3.63, 3.8) is 0 Å². The molecule has 0 aliphatic heterocycles. The maximum atomic E-state index is 15.1. The van der Waals surface area contributed by atoms with Gasteiger partial charge >= 0.3 is 0 Å². The maximum Gasteiger partial charge on any atom is 0.243 e. The van der Waals surface area contributed by atoms with E-state index in [0.29, 0.717) is 30.4 Å². The molecule has 7 nitrogen and oxygen atoms in total. The second-order valence-corrected chi connectivity index (χ2v) is 7.13. The third-order valence-electron chi connectivity index (χ3n) is 5.29. The molecule has 1 aliphatic carbocycles. The first kappa shape index (κ1) is 20.1. The van der Waals surface area contributed by atoms with Crippen molar-refractivity contribution in [2.75, 3.05) is 10.8 Å². The number of rotatable bonds is 4. The lowest BCUT2D eigenvalue weighted by molar-refractivity contribution is -0.116. The van der Waals surface area contributed by atoms with Crippen molar-refractivity contribution in [3.05, 3.63) is 51.9 Å². The van der Waals surface area contributed by atoms with Crippen LogP contribution in [0.25, 0.3) is 5.65 Å². The summed E-state index contributed by atoms with van der Waals surface area (Å²) in [6, 6.07) is 1.77. The molecule has 1 aromatic carbocycles. The van der Waals surface area contributed by atoms with Gasteiger partial charge in [-0.25, -0.2) is 8.78 Å². The molecule has 154 valence electrons. The van der Waals surface area contributed by atoms with E-state index in [9.17, 15) is 18.8 Å². The van der Waals surface area contributed by atoms with Crippen molar-refractivity contribution >= 4 is 29.0 Å². The molecule has 0 spiro atoms. The third-order valence-corrected chi connectivity index (χ3v) is 5.52. The van der Waals surface area contributed by atoms with E-state index < -0.39 is 41.6 Å². The topological polar surface area (TPSA) is 87.2 Å². The number of alkyl halides is 1. The number of carbonyl (C=O) groups is 1. The molecule has 3 aromatic rings. The molecule has 2 heterocycles. The van der Waals surface area contributed by atoms with Gasteiger partial charge in [0.2, 0.25) is 23.2 Å². The van der Waals surface area contributed by atoms with Gasteiger partial charge in [0.25, 0.3) is 0 Å². The summed E-state index contributed by atoms with van der Waals surface area (Å²) in [6.07, 6.45) is 2.91. The van der Waals surface area contributed by atoms with Gasteiger partial charge in [0, 0.05) is 5.56 Å². The van der Waals surface area contributed by atoms with E-state index in [1.165, 1.54) is 6.92 Å². The lowest BCUT2D eigenvalue weighted by Crippen LogP contribution is -2.34. The molecule has 0 saturated heterocycles. The van der Waals surface area contributed by atoms with Crippen LogP contribution >= 0.6 is 11.6 Å². The molecular formula is C19H14ClF3N6O.